The van der Waals surface area contributed by atoms with Gasteiger partial charge in [-0.3, -0.25) is 14.7 Å². The van der Waals surface area contributed by atoms with Gasteiger partial charge >= 0.3 is 5.97 Å². The van der Waals surface area contributed by atoms with Crippen LogP contribution in [-0.4, -0.2) is 151 Å². The highest BCUT2D eigenvalue weighted by Crippen LogP contribution is 2.24. The molecular weight excluding hydrogens is 1200 g/mol. The predicted octanol–water partition coefficient (Wildman–Crippen LogP) is 22.4. The number of carbonyl (C=O) groups is 2. The lowest BCUT2D eigenvalue weighted by molar-refractivity contribution is -0.175. The second-order valence-electron chi connectivity index (χ2n) is 31.2. The number of hydrazine groups is 1. The first-order valence-corrected chi connectivity index (χ1v) is 43.4. The lowest BCUT2D eigenvalue weighted by Gasteiger charge is -2.41. The lowest BCUT2D eigenvalue weighted by Crippen LogP contribution is -2.58. The van der Waals surface area contributed by atoms with Crippen molar-refractivity contribution in [3.8, 4) is 0 Å². The number of unbranched alkanes of at least 4 members (excludes halogenated alkanes) is 45. The molecule has 0 aromatic heterocycles. The maximum absolute atomic E-state index is 15.2. The van der Waals surface area contributed by atoms with E-state index in [1.807, 2.05) is 0 Å². The highest BCUT2D eigenvalue weighted by molar-refractivity contribution is 5.83. The van der Waals surface area contributed by atoms with Gasteiger partial charge in [-0.2, -0.15) is 0 Å². The molecule has 12 heteroatoms. The summed E-state index contributed by atoms with van der Waals surface area (Å²) in [6, 6.07) is -1.17. The van der Waals surface area contributed by atoms with Crippen molar-refractivity contribution in [1.29, 1.82) is 0 Å². The van der Waals surface area contributed by atoms with Crippen LogP contribution < -0.4 is 0 Å². The summed E-state index contributed by atoms with van der Waals surface area (Å²) in [5.74, 6) is -0.852. The van der Waals surface area contributed by atoms with E-state index in [9.17, 15) is 35.4 Å². The minimum absolute atomic E-state index is 0.0826. The molecule has 0 fully saturated rings. The zero-order valence-corrected chi connectivity index (χ0v) is 66.1. The minimum Gasteiger partial charge on any atom is -0.480 e. The first kappa shape index (κ1) is 95.6. The fraction of sp³-hybridized carbons (Fsp3) is 0.976. The highest BCUT2D eigenvalue weighted by Gasteiger charge is 2.36. The first-order valence-electron chi connectivity index (χ1n) is 43.4. The molecule has 6 N–H and O–H groups in total. The maximum Gasteiger partial charge on any atom is 0.328 e. The number of hydrogen-bond donors (Lipinski definition) is 6. The van der Waals surface area contributed by atoms with Crippen LogP contribution in [0.15, 0.2) is 0 Å². The largest absolute Gasteiger partial charge is 0.480 e. The third kappa shape index (κ3) is 62.9. The molecule has 0 aliphatic heterocycles. The Labute approximate surface area is 603 Å². The molecule has 0 heterocycles. The summed E-state index contributed by atoms with van der Waals surface area (Å²) in [6.45, 7) is 20.0. The van der Waals surface area contributed by atoms with Gasteiger partial charge in [0.25, 0.3) is 0 Å². The monoisotopic (exact) mass is 1380 g/mol. The van der Waals surface area contributed by atoms with Crippen LogP contribution in [0.25, 0.3) is 0 Å². The Bertz CT molecular complexity index is 1530. The van der Waals surface area contributed by atoms with Crippen LogP contribution in [0.3, 0.4) is 0 Å². The Morgan fingerprint density at radius 3 is 0.784 bits per heavy atom. The van der Waals surface area contributed by atoms with E-state index in [1.165, 1.54) is 236 Å². The number of aliphatic carboxylic acids is 1. The van der Waals surface area contributed by atoms with Gasteiger partial charge in [-0.15, -0.1) is 0 Å². The van der Waals surface area contributed by atoms with Crippen LogP contribution in [-0.2, 0) is 9.59 Å². The quantitative estimate of drug-likeness (QED) is 0.0253. The molecule has 1 amide bonds. The van der Waals surface area contributed by atoms with E-state index in [1.54, 1.807) is 5.01 Å². The van der Waals surface area contributed by atoms with Crippen LogP contribution in [0, 0.1) is 5.92 Å². The minimum atomic E-state index is -1.17. The summed E-state index contributed by atoms with van der Waals surface area (Å²) in [4.78, 5) is 33.8. The number of aliphatic hydroxyl groups excluding tert-OH is 5. The summed E-state index contributed by atoms with van der Waals surface area (Å²) in [5, 5.41) is 72.8. The zero-order chi connectivity index (χ0) is 71.3. The SMILES string of the molecule is CCCCCCCCCCC(C)CN(CCCCC(C(=O)O)N(C(=O)CCCCCN(CC(O)CCCCCCCCCC)CC(O)CCCCCCCCCC)N(CC(O)CCCCCCCCCC)CC(O)CCCCCCCCCC)CC(O)CCCCCCCCCC. The Morgan fingerprint density at radius 2 is 0.495 bits per heavy atom. The topological polar surface area (TPSA) is 168 Å². The molecule has 0 bridgehead atoms. The highest BCUT2D eigenvalue weighted by atomic mass is 16.4. The van der Waals surface area contributed by atoms with Gasteiger partial charge in [-0.25, -0.2) is 9.80 Å². The molecule has 97 heavy (non-hydrogen) atoms. The lowest BCUT2D eigenvalue weighted by atomic mass is 10.00. The van der Waals surface area contributed by atoms with Gasteiger partial charge < -0.3 is 35.5 Å². The van der Waals surface area contributed by atoms with E-state index >= 15 is 4.79 Å². The Hall–Kier alpha value is -1.38. The molecule has 0 aliphatic carbocycles. The number of nitrogens with zero attached hydrogens (tertiary/aromatic N) is 4. The van der Waals surface area contributed by atoms with Crippen LogP contribution >= 0.6 is 0 Å². The zero-order valence-electron chi connectivity index (χ0n) is 66.1. The maximum atomic E-state index is 15.2. The van der Waals surface area contributed by atoms with Crippen LogP contribution in [0.2, 0.25) is 0 Å². The molecule has 0 spiro atoms. The van der Waals surface area contributed by atoms with Gasteiger partial charge in [0.1, 0.15) is 6.04 Å². The third-order valence-electron chi connectivity index (χ3n) is 21.0. The first-order chi connectivity index (χ1) is 47.3. The van der Waals surface area contributed by atoms with E-state index in [0.717, 1.165) is 135 Å². The molecule has 0 rings (SSSR count). The summed E-state index contributed by atoms with van der Waals surface area (Å²) in [6.07, 6.45) is 63.5. The number of amides is 1. The van der Waals surface area contributed by atoms with Crippen molar-refractivity contribution in [3.05, 3.63) is 0 Å². The Balaban J connectivity index is 6.78. The summed E-state index contributed by atoms with van der Waals surface area (Å²) in [5.41, 5.74) is 0. The summed E-state index contributed by atoms with van der Waals surface area (Å²) < 4.78 is 0. The normalized spacial score (nSPS) is 14.3. The van der Waals surface area contributed by atoms with Crippen molar-refractivity contribution in [2.24, 2.45) is 5.92 Å². The van der Waals surface area contributed by atoms with Crippen molar-refractivity contribution in [2.75, 3.05) is 52.4 Å². The fourth-order valence-electron chi connectivity index (χ4n) is 14.8. The molecule has 7 unspecified atom stereocenters. The molecule has 580 valence electrons. The van der Waals surface area contributed by atoms with Crippen molar-refractivity contribution in [3.63, 3.8) is 0 Å². The van der Waals surface area contributed by atoms with Gasteiger partial charge in [0.2, 0.25) is 5.91 Å². The van der Waals surface area contributed by atoms with Crippen LogP contribution in [0.4, 0.5) is 0 Å². The fourth-order valence-corrected chi connectivity index (χ4v) is 14.8. The number of aliphatic hydroxyl groups is 5. The second kappa shape index (κ2) is 73.0. The van der Waals surface area contributed by atoms with Crippen LogP contribution in [0.5, 0.6) is 0 Å². The van der Waals surface area contributed by atoms with Gasteiger partial charge in [0.15, 0.2) is 0 Å². The van der Waals surface area contributed by atoms with Gasteiger partial charge in [-0.1, -0.05) is 363 Å². The molecule has 7 atom stereocenters. The Morgan fingerprint density at radius 1 is 0.268 bits per heavy atom. The van der Waals surface area contributed by atoms with Gasteiger partial charge in [-0.05, 0) is 89.6 Å². The molecule has 0 aromatic carbocycles. The smallest absolute Gasteiger partial charge is 0.328 e. The molecule has 12 nitrogen and oxygen atoms in total. The molecular formula is C85H172N4O8. The number of carbonyl (C=O) groups excluding carboxylic acids is 1. The molecule has 0 saturated heterocycles. The van der Waals surface area contributed by atoms with Gasteiger partial charge in [0.05, 0.1) is 30.5 Å². The summed E-state index contributed by atoms with van der Waals surface area (Å²) in [7, 11) is 0. The van der Waals surface area contributed by atoms with Crippen LogP contribution in [0.1, 0.15) is 440 Å². The molecule has 0 saturated carbocycles. The van der Waals surface area contributed by atoms with E-state index in [4.69, 9.17) is 0 Å². The molecule has 0 aliphatic rings. The standard InChI is InChI=1S/C85H172N4O8/c1-8-14-20-26-32-38-44-51-61-77(7)71-86(72-78(90)62-52-45-39-33-27-21-15-9-2)70-60-58-67-83(85(96)97)89(88(75-81(93)65-55-48-42-36-30-24-18-12-5)76-82(94)66-56-49-43-37-31-25-19-13-6)84(95)68-57-50-59-69-87(73-79(91)63-53-46-40-34-28-22-16-10-3)74-80(92)64-54-47-41-35-29-23-17-11-4/h77-83,90-94H,8-76H2,1-7H3,(H,96,97). The average molecular weight is 1380 g/mol. The average Bonchev–Trinajstić information content (AvgIpc) is 0.840. The van der Waals surface area contributed by atoms with Crippen molar-refractivity contribution >= 4 is 11.9 Å². The predicted molar refractivity (Wildman–Crippen MR) is 418 cm³/mol. The third-order valence-corrected chi connectivity index (χ3v) is 21.0. The molecule has 0 radical (unpaired) electrons. The number of hydrogen-bond acceptors (Lipinski definition) is 10. The van der Waals surface area contributed by atoms with E-state index in [2.05, 4.69) is 58.3 Å². The van der Waals surface area contributed by atoms with E-state index < -0.39 is 42.5 Å². The van der Waals surface area contributed by atoms with E-state index in [-0.39, 0.29) is 31.8 Å². The number of rotatable bonds is 80. The van der Waals surface area contributed by atoms with Crippen molar-refractivity contribution in [2.45, 2.75) is 477 Å². The Kier molecular flexibility index (Phi) is 71.9. The second-order valence-corrected chi connectivity index (χ2v) is 31.2. The number of carboxylic acids is 1. The van der Waals surface area contributed by atoms with Crippen molar-refractivity contribution < 1.29 is 40.2 Å². The molecule has 0 aromatic rings. The number of carboxylic acid groups (broad SMARTS) is 1. The van der Waals surface area contributed by atoms with Crippen molar-refractivity contribution in [1.82, 2.24) is 19.8 Å². The van der Waals surface area contributed by atoms with Gasteiger partial charge in [0, 0.05) is 45.7 Å². The summed E-state index contributed by atoms with van der Waals surface area (Å²) >= 11 is 0. The van der Waals surface area contributed by atoms with E-state index in [0.29, 0.717) is 57.8 Å².